The van der Waals surface area contributed by atoms with Crippen LogP contribution in [0.1, 0.15) is 30.6 Å². The maximum atomic E-state index is 12.5. The highest BCUT2D eigenvalue weighted by molar-refractivity contribution is 5.96. The number of anilines is 3. The fourth-order valence-electron chi connectivity index (χ4n) is 3.60. The van der Waals surface area contributed by atoms with Crippen molar-refractivity contribution in [2.24, 2.45) is 0 Å². The van der Waals surface area contributed by atoms with Gasteiger partial charge in [-0.15, -0.1) is 0 Å². The predicted octanol–water partition coefficient (Wildman–Crippen LogP) is 3.02. The van der Waals surface area contributed by atoms with E-state index in [9.17, 15) is 14.4 Å². The zero-order valence-corrected chi connectivity index (χ0v) is 19.3. The van der Waals surface area contributed by atoms with Gasteiger partial charge in [0.15, 0.2) is 5.78 Å². The second kappa shape index (κ2) is 12.1. The van der Waals surface area contributed by atoms with Crippen molar-refractivity contribution >= 4 is 34.7 Å². The Labute approximate surface area is 194 Å². The summed E-state index contributed by atoms with van der Waals surface area (Å²) in [6.07, 6.45) is 0.268. The van der Waals surface area contributed by atoms with Crippen molar-refractivity contribution in [2.45, 2.75) is 20.3 Å². The van der Waals surface area contributed by atoms with Crippen LogP contribution >= 0.6 is 0 Å². The monoisotopic (exact) mass is 452 g/mol. The molecule has 0 aliphatic carbocycles. The van der Waals surface area contributed by atoms with Gasteiger partial charge in [0, 0.05) is 48.7 Å². The fourth-order valence-corrected chi connectivity index (χ4v) is 3.60. The molecule has 1 saturated heterocycles. The van der Waals surface area contributed by atoms with Crippen LogP contribution in [0.15, 0.2) is 48.5 Å². The number of ether oxygens (including phenoxy) is 1. The number of rotatable bonds is 10. The van der Waals surface area contributed by atoms with Gasteiger partial charge in [-0.2, -0.15) is 0 Å². The number of nitrogens with one attached hydrogen (secondary N) is 2. The Kier molecular flexibility index (Phi) is 8.97. The molecule has 1 aliphatic heterocycles. The summed E-state index contributed by atoms with van der Waals surface area (Å²) in [6, 6.07) is 14.6. The van der Waals surface area contributed by atoms with Gasteiger partial charge in [-0.05, 0) is 62.0 Å². The van der Waals surface area contributed by atoms with E-state index in [1.807, 2.05) is 36.1 Å². The van der Waals surface area contributed by atoms with Crippen LogP contribution in [0, 0.1) is 0 Å². The van der Waals surface area contributed by atoms with Crippen LogP contribution in [0.2, 0.25) is 0 Å². The molecule has 0 spiro atoms. The van der Waals surface area contributed by atoms with Crippen molar-refractivity contribution in [3.63, 3.8) is 0 Å². The minimum Gasteiger partial charge on any atom is -0.378 e. The Morgan fingerprint density at radius 1 is 0.909 bits per heavy atom. The van der Waals surface area contributed by atoms with E-state index in [-0.39, 0.29) is 30.6 Å². The largest absolute Gasteiger partial charge is 0.378 e. The number of benzene rings is 2. The molecule has 176 valence electrons. The summed E-state index contributed by atoms with van der Waals surface area (Å²) in [5.41, 5.74) is 3.12. The van der Waals surface area contributed by atoms with Crippen molar-refractivity contribution in [1.82, 2.24) is 4.90 Å². The lowest BCUT2D eigenvalue weighted by atomic mass is 10.1. The van der Waals surface area contributed by atoms with Crippen LogP contribution in [-0.4, -0.2) is 68.4 Å². The number of nitrogens with zero attached hydrogens (tertiary/aromatic N) is 2. The highest BCUT2D eigenvalue weighted by atomic mass is 16.5. The Morgan fingerprint density at radius 2 is 1.48 bits per heavy atom. The second-order valence-corrected chi connectivity index (χ2v) is 7.99. The maximum absolute atomic E-state index is 12.5. The highest BCUT2D eigenvalue weighted by Gasteiger charge is 2.13. The van der Waals surface area contributed by atoms with E-state index in [4.69, 9.17) is 4.74 Å². The Balaban J connectivity index is 1.42. The van der Waals surface area contributed by atoms with E-state index in [2.05, 4.69) is 15.5 Å². The molecule has 1 heterocycles. The van der Waals surface area contributed by atoms with Crippen molar-refractivity contribution in [3.05, 3.63) is 54.1 Å². The summed E-state index contributed by atoms with van der Waals surface area (Å²) < 4.78 is 5.38. The van der Waals surface area contributed by atoms with Gasteiger partial charge >= 0.3 is 0 Å². The topological polar surface area (TPSA) is 91.0 Å². The lowest BCUT2D eigenvalue weighted by Gasteiger charge is -2.29. The Morgan fingerprint density at radius 3 is 2.06 bits per heavy atom. The van der Waals surface area contributed by atoms with Crippen LogP contribution in [-0.2, 0) is 14.3 Å². The number of ketones is 1. The summed E-state index contributed by atoms with van der Waals surface area (Å²) >= 11 is 0. The van der Waals surface area contributed by atoms with Crippen molar-refractivity contribution in [2.75, 3.05) is 61.5 Å². The lowest BCUT2D eigenvalue weighted by Crippen LogP contribution is -2.36. The molecule has 8 heteroatoms. The summed E-state index contributed by atoms with van der Waals surface area (Å²) in [5.74, 6) is -0.267. The first-order chi connectivity index (χ1) is 15.9. The van der Waals surface area contributed by atoms with Gasteiger partial charge < -0.3 is 20.3 Å². The van der Waals surface area contributed by atoms with E-state index >= 15 is 0 Å². The molecular formula is C25H32N4O4. The molecule has 3 rings (SSSR count). The van der Waals surface area contributed by atoms with Gasteiger partial charge in [-0.3, -0.25) is 19.3 Å². The van der Waals surface area contributed by atoms with Crippen LogP contribution < -0.4 is 15.5 Å². The zero-order chi connectivity index (χ0) is 23.6. The third-order valence-electron chi connectivity index (χ3n) is 5.57. The van der Waals surface area contributed by atoms with Gasteiger partial charge in [-0.25, -0.2) is 0 Å². The van der Waals surface area contributed by atoms with Crippen molar-refractivity contribution in [3.8, 4) is 0 Å². The number of likely N-dealkylation sites (N-methyl/N-ethyl adjacent to an activating group) is 1. The molecule has 8 nitrogen and oxygen atoms in total. The number of carbonyl (C=O) groups is 3. The lowest BCUT2D eigenvalue weighted by molar-refractivity contribution is -0.119. The van der Waals surface area contributed by atoms with Crippen LogP contribution in [0.25, 0.3) is 0 Å². The molecule has 2 aromatic carbocycles. The SMILES string of the molecule is CCN(CCC(=O)Nc1ccc(C(C)=O)cc1)CC(=O)Nc1ccc(N2CCOCC2)cc1. The van der Waals surface area contributed by atoms with Crippen LogP contribution in [0.5, 0.6) is 0 Å². The molecule has 0 saturated carbocycles. The van der Waals surface area contributed by atoms with Crippen LogP contribution in [0.4, 0.5) is 17.1 Å². The highest BCUT2D eigenvalue weighted by Crippen LogP contribution is 2.19. The molecule has 2 aromatic rings. The average Bonchev–Trinajstić information content (AvgIpc) is 2.83. The molecule has 0 bridgehead atoms. The van der Waals surface area contributed by atoms with Gasteiger partial charge in [-0.1, -0.05) is 6.92 Å². The molecule has 2 N–H and O–H groups in total. The molecule has 0 atom stereocenters. The zero-order valence-electron chi connectivity index (χ0n) is 19.3. The second-order valence-electron chi connectivity index (χ2n) is 7.99. The fraction of sp³-hybridized carbons (Fsp3) is 0.400. The van der Waals surface area contributed by atoms with Gasteiger partial charge in [0.05, 0.1) is 19.8 Å². The molecule has 0 radical (unpaired) electrons. The minimum atomic E-state index is -0.136. The Bertz CT molecular complexity index is 938. The number of carbonyl (C=O) groups excluding carboxylic acids is 3. The molecule has 0 unspecified atom stereocenters. The quantitative estimate of drug-likeness (QED) is 0.539. The third kappa shape index (κ3) is 7.69. The van der Waals surface area contributed by atoms with E-state index < -0.39 is 0 Å². The molecular weight excluding hydrogens is 420 g/mol. The molecule has 1 aliphatic rings. The number of hydrogen-bond acceptors (Lipinski definition) is 6. The average molecular weight is 453 g/mol. The summed E-state index contributed by atoms with van der Waals surface area (Å²) in [4.78, 5) is 40.3. The summed E-state index contributed by atoms with van der Waals surface area (Å²) in [7, 11) is 0. The van der Waals surface area contributed by atoms with Gasteiger partial charge in [0.1, 0.15) is 0 Å². The maximum Gasteiger partial charge on any atom is 0.238 e. The number of morpholine rings is 1. The predicted molar refractivity (Wildman–Crippen MR) is 130 cm³/mol. The number of Topliss-reactive ketones (excluding diaryl/α,β-unsaturated/α-hetero) is 1. The van der Waals surface area contributed by atoms with E-state index in [1.165, 1.54) is 6.92 Å². The van der Waals surface area contributed by atoms with Crippen molar-refractivity contribution in [1.29, 1.82) is 0 Å². The summed E-state index contributed by atoms with van der Waals surface area (Å²) in [6.45, 7) is 8.00. The first-order valence-corrected chi connectivity index (χ1v) is 11.3. The van der Waals surface area contributed by atoms with E-state index in [1.54, 1.807) is 24.3 Å². The normalized spacial score (nSPS) is 13.6. The molecule has 0 aromatic heterocycles. The number of amides is 2. The number of hydrogen-bond donors (Lipinski definition) is 2. The first kappa shape index (κ1) is 24.4. The van der Waals surface area contributed by atoms with E-state index in [0.29, 0.717) is 24.3 Å². The summed E-state index contributed by atoms with van der Waals surface area (Å²) in [5, 5.41) is 5.75. The first-order valence-electron chi connectivity index (χ1n) is 11.3. The van der Waals surface area contributed by atoms with Crippen LogP contribution in [0.3, 0.4) is 0 Å². The molecule has 1 fully saturated rings. The third-order valence-corrected chi connectivity index (χ3v) is 5.57. The molecule has 33 heavy (non-hydrogen) atoms. The smallest absolute Gasteiger partial charge is 0.238 e. The minimum absolute atomic E-state index is 0.0159. The Hall–Kier alpha value is -3.23. The van der Waals surface area contributed by atoms with Gasteiger partial charge in [0.2, 0.25) is 11.8 Å². The van der Waals surface area contributed by atoms with E-state index in [0.717, 1.165) is 37.7 Å². The molecule has 2 amide bonds. The standard InChI is InChI=1S/C25H32N4O4/c1-3-28(13-12-24(31)26-21-6-4-20(5-7-21)19(2)30)18-25(32)27-22-8-10-23(11-9-22)29-14-16-33-17-15-29/h4-11H,3,12-18H2,1-2H3,(H,26,31)(H,27,32). The van der Waals surface area contributed by atoms with Gasteiger partial charge in [0.25, 0.3) is 0 Å². The van der Waals surface area contributed by atoms with Crippen molar-refractivity contribution < 1.29 is 19.1 Å².